The molecule has 142 valence electrons. The van der Waals surface area contributed by atoms with E-state index in [1.54, 1.807) is 11.3 Å². The van der Waals surface area contributed by atoms with Crippen molar-refractivity contribution in [1.29, 1.82) is 0 Å². The Kier molecular flexibility index (Phi) is 5.26. The van der Waals surface area contributed by atoms with E-state index in [-0.39, 0.29) is 29.9 Å². The number of halogens is 1. The lowest BCUT2D eigenvalue weighted by Gasteiger charge is -2.56. The molecule has 5 rings (SSSR count). The molecular formula is C20H28ClN3OS. The Hall–Kier alpha value is -1.30. The second-order valence-corrected chi connectivity index (χ2v) is 9.18. The van der Waals surface area contributed by atoms with Gasteiger partial charge in [-0.3, -0.25) is 9.69 Å². The van der Waals surface area contributed by atoms with Crippen LogP contribution in [0, 0.1) is 5.92 Å². The van der Waals surface area contributed by atoms with Crippen LogP contribution in [0.2, 0.25) is 0 Å². The lowest BCUT2D eigenvalue weighted by atomic mass is 9.72. The molecule has 6 heteroatoms. The van der Waals surface area contributed by atoms with Crippen molar-refractivity contribution in [3.05, 3.63) is 29.1 Å². The lowest BCUT2D eigenvalue weighted by Crippen LogP contribution is -2.69. The van der Waals surface area contributed by atoms with Crippen molar-refractivity contribution in [2.45, 2.75) is 38.3 Å². The van der Waals surface area contributed by atoms with Crippen molar-refractivity contribution in [2.75, 3.05) is 32.1 Å². The van der Waals surface area contributed by atoms with Gasteiger partial charge in [-0.25, -0.2) is 0 Å². The van der Waals surface area contributed by atoms with Gasteiger partial charge < -0.3 is 10.2 Å². The summed E-state index contributed by atoms with van der Waals surface area (Å²) in [5.74, 6) is 0.688. The number of thiophene rings is 1. The summed E-state index contributed by atoms with van der Waals surface area (Å²) in [6.07, 6.45) is 2.40. The monoisotopic (exact) mass is 393 g/mol. The summed E-state index contributed by atoms with van der Waals surface area (Å²) in [7, 11) is 4.09. The molecule has 2 aromatic rings. The van der Waals surface area contributed by atoms with Gasteiger partial charge >= 0.3 is 0 Å². The molecule has 1 amide bonds. The highest BCUT2D eigenvalue weighted by molar-refractivity contribution is 7.21. The average Bonchev–Trinajstić information content (AvgIpc) is 3.02. The van der Waals surface area contributed by atoms with Gasteiger partial charge in [-0.15, -0.1) is 23.7 Å². The Morgan fingerprint density at radius 2 is 1.96 bits per heavy atom. The predicted octanol–water partition coefficient (Wildman–Crippen LogP) is 3.99. The van der Waals surface area contributed by atoms with Crippen LogP contribution in [-0.4, -0.2) is 49.6 Å². The van der Waals surface area contributed by atoms with Gasteiger partial charge in [-0.1, -0.05) is 12.1 Å². The molecule has 2 bridgehead atoms. The van der Waals surface area contributed by atoms with E-state index in [2.05, 4.69) is 47.2 Å². The highest BCUT2D eigenvalue weighted by Gasteiger charge is 2.48. The van der Waals surface area contributed by atoms with Gasteiger partial charge in [-0.05, 0) is 63.2 Å². The molecule has 4 heterocycles. The third kappa shape index (κ3) is 3.10. The Morgan fingerprint density at radius 3 is 2.58 bits per heavy atom. The van der Waals surface area contributed by atoms with Crippen LogP contribution >= 0.6 is 23.7 Å². The van der Waals surface area contributed by atoms with E-state index < -0.39 is 0 Å². The fourth-order valence-electron chi connectivity index (χ4n) is 4.60. The van der Waals surface area contributed by atoms with Crippen LogP contribution in [0.3, 0.4) is 0 Å². The Balaban J connectivity index is 0.00000196. The smallest absolute Gasteiger partial charge is 0.261 e. The minimum absolute atomic E-state index is 0. The van der Waals surface area contributed by atoms with Crippen LogP contribution in [0.1, 0.15) is 36.4 Å². The molecule has 26 heavy (non-hydrogen) atoms. The topological polar surface area (TPSA) is 35.6 Å². The van der Waals surface area contributed by atoms with Gasteiger partial charge in [0.05, 0.1) is 15.3 Å². The predicted molar refractivity (Wildman–Crippen MR) is 113 cm³/mol. The van der Waals surface area contributed by atoms with Gasteiger partial charge in [0.15, 0.2) is 0 Å². The van der Waals surface area contributed by atoms with E-state index in [9.17, 15) is 4.79 Å². The number of piperidine rings is 3. The number of nitrogens with zero attached hydrogens (tertiary/aromatic N) is 2. The SMILES string of the molecule is CN(C)c1cccc2cc(C(=O)NC3C4CCN(CC4)C3(C)C)sc12.Cl. The van der Waals surface area contributed by atoms with Crippen LogP contribution in [0.25, 0.3) is 10.1 Å². The molecule has 1 N–H and O–H groups in total. The zero-order valence-corrected chi connectivity index (χ0v) is 17.5. The standard InChI is InChI=1S/C20H27N3OS.ClH/c1-20(2)18(13-8-10-23(20)11-9-13)21-19(24)16-12-14-6-5-7-15(22(3)4)17(14)25-16;/h5-7,12-13,18H,8-11H2,1-4H3,(H,21,24);1H. The van der Waals surface area contributed by atoms with Crippen molar-refractivity contribution >= 4 is 45.4 Å². The van der Waals surface area contributed by atoms with E-state index in [0.29, 0.717) is 5.92 Å². The molecule has 0 aliphatic carbocycles. The largest absolute Gasteiger partial charge is 0.377 e. The Morgan fingerprint density at radius 1 is 1.27 bits per heavy atom. The number of benzene rings is 1. The first-order chi connectivity index (χ1) is 11.9. The second-order valence-electron chi connectivity index (χ2n) is 8.13. The fourth-order valence-corrected chi connectivity index (χ4v) is 5.76. The summed E-state index contributed by atoms with van der Waals surface area (Å²) in [6, 6.07) is 8.53. The minimum atomic E-state index is 0. The van der Waals surface area contributed by atoms with Crippen molar-refractivity contribution in [1.82, 2.24) is 10.2 Å². The maximum absolute atomic E-state index is 13.0. The van der Waals surface area contributed by atoms with Crippen LogP contribution in [-0.2, 0) is 0 Å². The summed E-state index contributed by atoms with van der Waals surface area (Å²) in [6.45, 7) is 6.88. The number of carbonyl (C=O) groups excluding carboxylic acids is 1. The van der Waals surface area contributed by atoms with Gasteiger partial charge in [0, 0.05) is 25.7 Å². The first-order valence-electron chi connectivity index (χ1n) is 9.14. The Labute approximate surface area is 166 Å². The summed E-state index contributed by atoms with van der Waals surface area (Å²) in [5.41, 5.74) is 1.21. The zero-order valence-electron chi connectivity index (χ0n) is 15.9. The number of hydrogen-bond donors (Lipinski definition) is 1. The number of rotatable bonds is 3. The quantitative estimate of drug-likeness (QED) is 0.856. The zero-order chi connectivity index (χ0) is 17.8. The normalized spacial score (nSPS) is 26.4. The third-order valence-corrected chi connectivity index (χ3v) is 7.27. The van der Waals surface area contributed by atoms with E-state index in [1.165, 1.54) is 36.3 Å². The van der Waals surface area contributed by atoms with E-state index in [4.69, 9.17) is 0 Å². The minimum Gasteiger partial charge on any atom is -0.377 e. The maximum Gasteiger partial charge on any atom is 0.261 e. The number of carbonyl (C=O) groups is 1. The molecule has 3 fully saturated rings. The van der Waals surface area contributed by atoms with Crippen LogP contribution in [0.5, 0.6) is 0 Å². The summed E-state index contributed by atoms with van der Waals surface area (Å²) in [5, 5.41) is 4.53. The molecule has 0 radical (unpaired) electrons. The van der Waals surface area contributed by atoms with E-state index in [0.717, 1.165) is 10.3 Å². The van der Waals surface area contributed by atoms with Crippen molar-refractivity contribution < 1.29 is 4.79 Å². The highest BCUT2D eigenvalue weighted by Crippen LogP contribution is 2.39. The molecular weight excluding hydrogens is 366 g/mol. The molecule has 0 saturated carbocycles. The van der Waals surface area contributed by atoms with Gasteiger partial charge in [0.2, 0.25) is 0 Å². The van der Waals surface area contributed by atoms with Crippen LogP contribution in [0.15, 0.2) is 24.3 Å². The van der Waals surface area contributed by atoms with Gasteiger partial charge in [-0.2, -0.15) is 0 Å². The van der Waals surface area contributed by atoms with Crippen molar-refractivity contribution in [3.8, 4) is 0 Å². The molecule has 3 aliphatic rings. The Bertz CT molecular complexity index is 808. The molecule has 1 aromatic carbocycles. The first kappa shape index (κ1) is 19.5. The van der Waals surface area contributed by atoms with Crippen molar-refractivity contribution in [2.24, 2.45) is 5.92 Å². The number of nitrogens with one attached hydrogen (secondary N) is 1. The van der Waals surface area contributed by atoms with Gasteiger partial charge in [0.25, 0.3) is 5.91 Å². The number of fused-ring (bicyclic) bond motifs is 4. The number of anilines is 1. The van der Waals surface area contributed by atoms with Crippen LogP contribution in [0.4, 0.5) is 5.69 Å². The molecule has 1 atom stereocenters. The van der Waals surface area contributed by atoms with Gasteiger partial charge in [0.1, 0.15) is 0 Å². The second kappa shape index (κ2) is 7.02. The van der Waals surface area contributed by atoms with Crippen LogP contribution < -0.4 is 10.2 Å². The molecule has 3 aliphatic heterocycles. The molecule has 1 unspecified atom stereocenters. The highest BCUT2D eigenvalue weighted by atomic mass is 35.5. The van der Waals surface area contributed by atoms with E-state index in [1.807, 2.05) is 20.2 Å². The average molecular weight is 394 g/mol. The summed E-state index contributed by atoms with van der Waals surface area (Å²) < 4.78 is 1.19. The molecule has 0 spiro atoms. The molecule has 3 saturated heterocycles. The fraction of sp³-hybridized carbons (Fsp3) is 0.550. The third-order valence-electron chi connectivity index (χ3n) is 6.10. The molecule has 1 aromatic heterocycles. The van der Waals surface area contributed by atoms with E-state index >= 15 is 0 Å². The first-order valence-corrected chi connectivity index (χ1v) is 9.95. The number of amides is 1. The molecule has 4 nitrogen and oxygen atoms in total. The summed E-state index contributed by atoms with van der Waals surface area (Å²) >= 11 is 1.60. The number of hydrogen-bond acceptors (Lipinski definition) is 4. The lowest BCUT2D eigenvalue weighted by molar-refractivity contribution is -0.0377. The maximum atomic E-state index is 13.0. The summed E-state index contributed by atoms with van der Waals surface area (Å²) in [4.78, 5) is 18.5. The van der Waals surface area contributed by atoms with Crippen molar-refractivity contribution in [3.63, 3.8) is 0 Å².